The molecule has 0 unspecified atom stereocenters. The van der Waals surface area contributed by atoms with Gasteiger partial charge in [-0.3, -0.25) is 0 Å². The molecule has 0 amide bonds. The Kier molecular flexibility index (Phi) is 6.56. The van der Waals surface area contributed by atoms with E-state index in [4.69, 9.17) is 31.0 Å². The summed E-state index contributed by atoms with van der Waals surface area (Å²) in [5.74, 6) is 0. The highest BCUT2D eigenvalue weighted by molar-refractivity contribution is 6.65. The lowest BCUT2D eigenvalue weighted by Gasteiger charge is -2.12. The third-order valence-corrected chi connectivity index (χ3v) is 1.99. The molecule has 0 atom stereocenters. The third kappa shape index (κ3) is 10.6. The molecule has 0 heterocycles. The molecule has 2 radical (unpaired) electrons. The molecule has 0 N–H and O–H groups in total. The SMILES string of the molecule is [B]C(Cl)(Cl)CCCCCCC. The maximum absolute atomic E-state index is 5.59. The van der Waals surface area contributed by atoms with Gasteiger partial charge in [-0.15, -0.1) is 23.2 Å². The van der Waals surface area contributed by atoms with Crippen LogP contribution in [-0.4, -0.2) is 12.1 Å². The Morgan fingerprint density at radius 1 is 1.09 bits per heavy atom. The van der Waals surface area contributed by atoms with Gasteiger partial charge in [-0.2, -0.15) is 0 Å². The lowest BCUT2D eigenvalue weighted by atomic mass is 9.96. The standard InChI is InChI=1S/C8H15BCl2/c1-2-3-4-5-6-7-8(9,10)11/h2-7H2,1H3. The minimum absolute atomic E-state index is 0.694. The van der Waals surface area contributed by atoms with E-state index in [1.807, 2.05) is 0 Å². The Morgan fingerprint density at radius 2 is 1.64 bits per heavy atom. The molecule has 0 bridgehead atoms. The molecule has 0 aromatic heterocycles. The van der Waals surface area contributed by atoms with E-state index >= 15 is 0 Å². The van der Waals surface area contributed by atoms with E-state index in [9.17, 15) is 0 Å². The molecule has 0 saturated heterocycles. The Balaban J connectivity index is 3.02. The summed E-state index contributed by atoms with van der Waals surface area (Å²) < 4.78 is -1.01. The number of hydrogen-bond acceptors (Lipinski definition) is 0. The molecule has 0 aromatic rings. The van der Waals surface area contributed by atoms with Gasteiger partial charge >= 0.3 is 0 Å². The van der Waals surface area contributed by atoms with Gasteiger partial charge in [0, 0.05) is 0 Å². The number of halogens is 2. The van der Waals surface area contributed by atoms with E-state index in [1.54, 1.807) is 0 Å². The minimum atomic E-state index is -1.01. The average Bonchev–Trinajstić information content (AvgIpc) is 1.85. The Labute approximate surface area is 81.1 Å². The van der Waals surface area contributed by atoms with Gasteiger partial charge in [0.2, 0.25) is 0 Å². The van der Waals surface area contributed by atoms with Crippen LogP contribution in [0.15, 0.2) is 0 Å². The van der Waals surface area contributed by atoms with Crippen molar-refractivity contribution in [1.82, 2.24) is 0 Å². The predicted molar refractivity (Wildman–Crippen MR) is 53.6 cm³/mol. The first-order valence-electron chi connectivity index (χ1n) is 4.23. The van der Waals surface area contributed by atoms with Crippen molar-refractivity contribution in [2.75, 3.05) is 0 Å². The van der Waals surface area contributed by atoms with Crippen LogP contribution in [0.5, 0.6) is 0 Å². The van der Waals surface area contributed by atoms with Crippen molar-refractivity contribution in [1.29, 1.82) is 0 Å². The van der Waals surface area contributed by atoms with Crippen molar-refractivity contribution in [3.63, 3.8) is 0 Å². The van der Waals surface area contributed by atoms with Crippen molar-refractivity contribution in [3.05, 3.63) is 0 Å². The van der Waals surface area contributed by atoms with Crippen molar-refractivity contribution in [2.24, 2.45) is 0 Å². The fourth-order valence-electron chi connectivity index (χ4n) is 0.964. The van der Waals surface area contributed by atoms with Gasteiger partial charge in [-0.25, -0.2) is 0 Å². The van der Waals surface area contributed by atoms with E-state index < -0.39 is 4.23 Å². The van der Waals surface area contributed by atoms with Crippen LogP contribution in [0.2, 0.25) is 0 Å². The molecule has 0 spiro atoms. The van der Waals surface area contributed by atoms with Crippen molar-refractivity contribution in [2.45, 2.75) is 49.7 Å². The molecule has 0 aliphatic heterocycles. The Morgan fingerprint density at radius 3 is 2.09 bits per heavy atom. The lowest BCUT2D eigenvalue weighted by molar-refractivity contribution is 0.612. The summed E-state index contributed by atoms with van der Waals surface area (Å²) in [6.45, 7) is 2.19. The zero-order valence-corrected chi connectivity index (χ0v) is 8.59. The van der Waals surface area contributed by atoms with E-state index in [2.05, 4.69) is 6.92 Å². The highest BCUT2D eigenvalue weighted by Gasteiger charge is 2.13. The van der Waals surface area contributed by atoms with Crippen molar-refractivity contribution in [3.8, 4) is 0 Å². The highest BCUT2D eigenvalue weighted by Crippen LogP contribution is 2.23. The smallest absolute Gasteiger partial charge is 0.113 e. The molecule has 0 rings (SSSR count). The maximum Gasteiger partial charge on any atom is 0.119 e. The molecular weight excluding hydrogens is 178 g/mol. The van der Waals surface area contributed by atoms with Crippen LogP contribution in [0.25, 0.3) is 0 Å². The maximum atomic E-state index is 5.59. The first-order valence-corrected chi connectivity index (χ1v) is 4.98. The summed E-state index contributed by atoms with van der Waals surface area (Å²) in [6.07, 6.45) is 6.73. The van der Waals surface area contributed by atoms with Crippen LogP contribution in [0.1, 0.15) is 45.4 Å². The Hall–Kier alpha value is 0.645. The fraction of sp³-hybridized carbons (Fsp3) is 1.00. The second kappa shape index (κ2) is 6.19. The predicted octanol–water partition coefficient (Wildman–Crippen LogP) is 3.65. The summed E-state index contributed by atoms with van der Waals surface area (Å²) in [4.78, 5) is 0. The lowest BCUT2D eigenvalue weighted by Crippen LogP contribution is -2.11. The number of hydrogen-bond donors (Lipinski definition) is 0. The van der Waals surface area contributed by atoms with Crippen LogP contribution < -0.4 is 0 Å². The zero-order valence-electron chi connectivity index (χ0n) is 7.08. The van der Waals surface area contributed by atoms with Crippen LogP contribution in [0.3, 0.4) is 0 Å². The van der Waals surface area contributed by atoms with Gasteiger partial charge < -0.3 is 0 Å². The molecule has 0 aliphatic carbocycles. The van der Waals surface area contributed by atoms with E-state index in [1.165, 1.54) is 25.7 Å². The van der Waals surface area contributed by atoms with Crippen molar-refractivity contribution >= 4 is 31.0 Å². The molecule has 64 valence electrons. The summed E-state index contributed by atoms with van der Waals surface area (Å²) in [5.41, 5.74) is 0. The molecule has 0 aromatic carbocycles. The van der Waals surface area contributed by atoms with Gasteiger partial charge in [-0.05, 0) is 6.42 Å². The number of rotatable bonds is 6. The van der Waals surface area contributed by atoms with Crippen LogP contribution in [0, 0.1) is 0 Å². The largest absolute Gasteiger partial charge is 0.119 e. The zero-order chi connectivity index (χ0) is 8.74. The quantitative estimate of drug-likeness (QED) is 0.343. The molecular formula is C8H15BCl2. The van der Waals surface area contributed by atoms with Gasteiger partial charge in [0.15, 0.2) is 0 Å². The molecule has 3 heteroatoms. The third-order valence-electron chi connectivity index (χ3n) is 1.61. The second-order valence-electron chi connectivity index (χ2n) is 2.93. The summed E-state index contributed by atoms with van der Waals surface area (Å²) >= 11 is 11.2. The van der Waals surface area contributed by atoms with Crippen LogP contribution >= 0.6 is 23.2 Å². The van der Waals surface area contributed by atoms with E-state index in [-0.39, 0.29) is 0 Å². The van der Waals surface area contributed by atoms with Crippen LogP contribution in [0.4, 0.5) is 0 Å². The summed E-state index contributed by atoms with van der Waals surface area (Å²) in [7, 11) is 5.38. The van der Waals surface area contributed by atoms with Gasteiger partial charge in [0.1, 0.15) is 7.85 Å². The van der Waals surface area contributed by atoms with Crippen LogP contribution in [-0.2, 0) is 0 Å². The van der Waals surface area contributed by atoms with Gasteiger partial charge in [0.05, 0.1) is 4.23 Å². The molecule has 0 aliphatic rings. The number of unbranched alkanes of at least 4 members (excludes halogenated alkanes) is 4. The minimum Gasteiger partial charge on any atom is -0.113 e. The van der Waals surface area contributed by atoms with Crippen molar-refractivity contribution < 1.29 is 0 Å². The normalized spacial score (nSPS) is 11.9. The fourth-order valence-corrected chi connectivity index (χ4v) is 1.23. The first-order chi connectivity index (χ1) is 5.06. The molecule has 0 nitrogen and oxygen atoms in total. The summed E-state index contributed by atoms with van der Waals surface area (Å²) in [5, 5.41) is 0. The molecule has 0 fully saturated rings. The summed E-state index contributed by atoms with van der Waals surface area (Å²) in [6, 6.07) is 0. The Bertz CT molecular complexity index is 88.6. The van der Waals surface area contributed by atoms with Gasteiger partial charge in [-0.1, -0.05) is 39.0 Å². The first kappa shape index (κ1) is 11.6. The molecule has 11 heavy (non-hydrogen) atoms. The monoisotopic (exact) mass is 192 g/mol. The average molecular weight is 193 g/mol. The number of alkyl halides is 2. The van der Waals surface area contributed by atoms with E-state index in [0.29, 0.717) is 6.42 Å². The second-order valence-corrected chi connectivity index (χ2v) is 4.47. The molecule has 0 saturated carbocycles. The topological polar surface area (TPSA) is 0 Å². The van der Waals surface area contributed by atoms with E-state index in [0.717, 1.165) is 6.42 Å². The van der Waals surface area contributed by atoms with Gasteiger partial charge in [0.25, 0.3) is 0 Å². The highest BCUT2D eigenvalue weighted by atomic mass is 35.5.